The summed E-state index contributed by atoms with van der Waals surface area (Å²) in [7, 11) is 0. The highest BCUT2D eigenvalue weighted by atomic mass is 16.6. The fraction of sp³-hybridized carbons (Fsp3) is 0.261. The number of nitro benzene ring substituents is 1. The molecule has 8 nitrogen and oxygen atoms in total. The van der Waals surface area contributed by atoms with E-state index in [1.807, 2.05) is 43.3 Å². The number of nitrogens with zero attached hydrogens (tertiary/aromatic N) is 4. The molecule has 1 aliphatic rings. The fourth-order valence-corrected chi connectivity index (χ4v) is 3.75. The number of piperidine rings is 1. The van der Waals surface area contributed by atoms with Crippen LogP contribution >= 0.6 is 0 Å². The Kier molecular flexibility index (Phi) is 5.88. The van der Waals surface area contributed by atoms with Gasteiger partial charge < -0.3 is 10.2 Å². The van der Waals surface area contributed by atoms with Gasteiger partial charge in [-0.1, -0.05) is 36.4 Å². The number of nitrogens with one attached hydrogen (secondary N) is 1. The van der Waals surface area contributed by atoms with Crippen LogP contribution in [0.4, 0.5) is 17.2 Å². The average molecular weight is 417 g/mol. The van der Waals surface area contributed by atoms with Crippen LogP contribution in [0.2, 0.25) is 0 Å². The minimum atomic E-state index is -0.459. The van der Waals surface area contributed by atoms with E-state index < -0.39 is 4.92 Å². The topological polar surface area (TPSA) is 101 Å². The Labute approximate surface area is 180 Å². The second kappa shape index (κ2) is 8.91. The van der Waals surface area contributed by atoms with Crippen molar-refractivity contribution in [3.8, 4) is 11.3 Å². The number of nitro groups is 1. The molecular weight excluding hydrogens is 394 g/mol. The fourth-order valence-electron chi connectivity index (χ4n) is 3.75. The minimum Gasteiger partial charge on any atom is -0.356 e. The number of anilines is 2. The molecule has 0 aliphatic carbocycles. The summed E-state index contributed by atoms with van der Waals surface area (Å²) >= 11 is 0. The Bertz CT molecular complexity index is 1100. The maximum atomic E-state index is 12.8. The molecule has 158 valence electrons. The van der Waals surface area contributed by atoms with Crippen molar-refractivity contribution in [2.24, 2.45) is 5.92 Å². The third-order valence-electron chi connectivity index (χ3n) is 5.60. The molecular formula is C23H23N5O3. The van der Waals surface area contributed by atoms with Gasteiger partial charge in [-0.05, 0) is 25.3 Å². The van der Waals surface area contributed by atoms with Crippen molar-refractivity contribution in [2.45, 2.75) is 19.8 Å². The molecule has 0 spiro atoms. The zero-order chi connectivity index (χ0) is 21.8. The molecule has 2 aromatic carbocycles. The second-order valence-electron chi connectivity index (χ2n) is 7.63. The summed E-state index contributed by atoms with van der Waals surface area (Å²) in [6, 6.07) is 16.4. The van der Waals surface area contributed by atoms with E-state index in [-0.39, 0.29) is 17.5 Å². The lowest BCUT2D eigenvalue weighted by Gasteiger charge is -2.32. The Morgan fingerprint density at radius 3 is 2.55 bits per heavy atom. The molecule has 31 heavy (non-hydrogen) atoms. The molecule has 1 fully saturated rings. The zero-order valence-corrected chi connectivity index (χ0v) is 17.2. The summed E-state index contributed by atoms with van der Waals surface area (Å²) in [6.07, 6.45) is 2.94. The summed E-state index contributed by atoms with van der Waals surface area (Å²) in [5, 5.41) is 13.9. The first-order valence-corrected chi connectivity index (χ1v) is 10.2. The number of carbonyl (C=O) groups is 1. The molecule has 0 radical (unpaired) electrons. The number of aryl methyl sites for hydroxylation is 1. The first kappa shape index (κ1) is 20.5. The minimum absolute atomic E-state index is 0.0336. The number of benzene rings is 2. The smallest absolute Gasteiger partial charge is 0.271 e. The van der Waals surface area contributed by atoms with Crippen molar-refractivity contribution in [2.75, 3.05) is 23.3 Å². The van der Waals surface area contributed by atoms with Gasteiger partial charge in [0.25, 0.3) is 5.69 Å². The maximum absolute atomic E-state index is 12.8. The predicted octanol–water partition coefficient (Wildman–Crippen LogP) is 4.22. The van der Waals surface area contributed by atoms with Crippen LogP contribution in [0.1, 0.15) is 18.4 Å². The van der Waals surface area contributed by atoms with E-state index in [1.165, 1.54) is 12.1 Å². The molecule has 1 saturated heterocycles. The number of carbonyl (C=O) groups excluding carboxylic acids is 1. The van der Waals surface area contributed by atoms with Gasteiger partial charge in [-0.3, -0.25) is 14.9 Å². The van der Waals surface area contributed by atoms with Gasteiger partial charge in [-0.25, -0.2) is 9.97 Å². The molecule has 2 heterocycles. The first-order chi connectivity index (χ1) is 15.0. The molecule has 3 aromatic rings. The standard InChI is InChI=1S/C23H23N5O3/c1-16-7-8-19(28(30)31)13-20(16)26-23(29)18-9-11-27(12-10-18)22-14-21(24-15-25-22)17-5-3-2-4-6-17/h2-8,13-15,18H,9-12H2,1H3,(H,26,29). The Hall–Kier alpha value is -3.81. The molecule has 1 aliphatic heterocycles. The molecule has 8 heteroatoms. The van der Waals surface area contributed by atoms with Gasteiger partial charge in [0.2, 0.25) is 5.91 Å². The van der Waals surface area contributed by atoms with Gasteiger partial charge >= 0.3 is 0 Å². The zero-order valence-electron chi connectivity index (χ0n) is 17.2. The monoisotopic (exact) mass is 417 g/mol. The van der Waals surface area contributed by atoms with Gasteiger partial charge in [-0.15, -0.1) is 0 Å². The van der Waals surface area contributed by atoms with Crippen LogP contribution in [0, 0.1) is 23.0 Å². The largest absolute Gasteiger partial charge is 0.356 e. The van der Waals surface area contributed by atoms with E-state index in [9.17, 15) is 14.9 Å². The third kappa shape index (κ3) is 4.69. The van der Waals surface area contributed by atoms with Crippen LogP contribution < -0.4 is 10.2 Å². The van der Waals surface area contributed by atoms with E-state index in [1.54, 1.807) is 12.4 Å². The highest BCUT2D eigenvalue weighted by Gasteiger charge is 2.26. The Morgan fingerprint density at radius 1 is 1.10 bits per heavy atom. The number of hydrogen-bond acceptors (Lipinski definition) is 6. The van der Waals surface area contributed by atoms with E-state index in [2.05, 4.69) is 20.2 Å². The lowest BCUT2D eigenvalue weighted by molar-refractivity contribution is -0.384. The molecule has 1 N–H and O–H groups in total. The van der Waals surface area contributed by atoms with Crippen molar-refractivity contribution >= 4 is 23.1 Å². The van der Waals surface area contributed by atoms with Crippen molar-refractivity contribution < 1.29 is 9.72 Å². The lowest BCUT2D eigenvalue weighted by atomic mass is 9.95. The van der Waals surface area contributed by atoms with Crippen LogP contribution in [0.3, 0.4) is 0 Å². The van der Waals surface area contributed by atoms with E-state index >= 15 is 0 Å². The van der Waals surface area contributed by atoms with E-state index in [0.717, 1.165) is 22.6 Å². The number of amides is 1. The highest BCUT2D eigenvalue weighted by Crippen LogP contribution is 2.27. The number of aromatic nitrogens is 2. The molecule has 0 bridgehead atoms. The number of non-ortho nitro benzene ring substituents is 1. The summed E-state index contributed by atoms with van der Waals surface area (Å²) in [4.78, 5) is 34.3. The van der Waals surface area contributed by atoms with Gasteiger partial charge in [0.1, 0.15) is 12.1 Å². The summed E-state index contributed by atoms with van der Waals surface area (Å²) in [6.45, 7) is 3.23. The lowest BCUT2D eigenvalue weighted by Crippen LogP contribution is -2.38. The van der Waals surface area contributed by atoms with Gasteiger partial charge in [-0.2, -0.15) is 0 Å². The van der Waals surface area contributed by atoms with Crippen molar-refractivity contribution in [3.05, 3.63) is 76.6 Å². The Balaban J connectivity index is 1.40. The van der Waals surface area contributed by atoms with Crippen LogP contribution in [0.15, 0.2) is 60.9 Å². The highest BCUT2D eigenvalue weighted by molar-refractivity contribution is 5.93. The molecule has 1 aromatic heterocycles. The van der Waals surface area contributed by atoms with Crippen LogP contribution in [-0.2, 0) is 4.79 Å². The summed E-state index contributed by atoms with van der Waals surface area (Å²) in [5.74, 6) is 0.600. The van der Waals surface area contributed by atoms with Gasteiger partial charge in [0.05, 0.1) is 16.3 Å². The summed E-state index contributed by atoms with van der Waals surface area (Å²) in [5.41, 5.74) is 3.16. The number of rotatable bonds is 5. The van der Waals surface area contributed by atoms with Crippen molar-refractivity contribution in [1.29, 1.82) is 0 Å². The first-order valence-electron chi connectivity index (χ1n) is 10.2. The van der Waals surface area contributed by atoms with Crippen molar-refractivity contribution in [1.82, 2.24) is 9.97 Å². The second-order valence-corrected chi connectivity index (χ2v) is 7.63. The van der Waals surface area contributed by atoms with Crippen LogP contribution in [0.5, 0.6) is 0 Å². The molecule has 1 amide bonds. The molecule has 0 saturated carbocycles. The molecule has 0 unspecified atom stereocenters. The SMILES string of the molecule is Cc1ccc([N+](=O)[O-])cc1NC(=O)C1CCN(c2cc(-c3ccccc3)ncn2)CC1. The molecule has 4 rings (SSSR count). The van der Waals surface area contributed by atoms with E-state index in [0.29, 0.717) is 31.6 Å². The quantitative estimate of drug-likeness (QED) is 0.493. The Morgan fingerprint density at radius 2 is 1.84 bits per heavy atom. The van der Waals surface area contributed by atoms with Crippen molar-refractivity contribution in [3.63, 3.8) is 0 Å². The third-order valence-corrected chi connectivity index (χ3v) is 5.60. The van der Waals surface area contributed by atoms with Gasteiger partial charge in [0, 0.05) is 42.8 Å². The maximum Gasteiger partial charge on any atom is 0.271 e. The average Bonchev–Trinajstić information content (AvgIpc) is 2.81. The summed E-state index contributed by atoms with van der Waals surface area (Å²) < 4.78 is 0. The number of hydrogen-bond donors (Lipinski definition) is 1. The van der Waals surface area contributed by atoms with E-state index in [4.69, 9.17) is 0 Å². The van der Waals surface area contributed by atoms with Crippen LogP contribution in [0.25, 0.3) is 11.3 Å². The van der Waals surface area contributed by atoms with Crippen LogP contribution in [-0.4, -0.2) is 33.9 Å². The predicted molar refractivity (Wildman–Crippen MR) is 119 cm³/mol. The normalized spacial score (nSPS) is 14.3. The van der Waals surface area contributed by atoms with Gasteiger partial charge in [0.15, 0.2) is 0 Å². The molecule has 0 atom stereocenters.